The van der Waals surface area contributed by atoms with Crippen LogP contribution in [0.3, 0.4) is 0 Å². The third kappa shape index (κ3) is 5.83. The van der Waals surface area contributed by atoms with Gasteiger partial charge in [-0.25, -0.2) is 4.98 Å². The molecule has 0 aliphatic heterocycles. The lowest BCUT2D eigenvalue weighted by Crippen LogP contribution is -2.22. The van der Waals surface area contributed by atoms with E-state index in [1.165, 1.54) is 0 Å². The second kappa shape index (κ2) is 11.8. The van der Waals surface area contributed by atoms with E-state index in [0.29, 0.717) is 21.8 Å². The number of fused-ring (bicyclic) bond motifs is 1. The van der Waals surface area contributed by atoms with Gasteiger partial charge in [-0.3, -0.25) is 14.3 Å². The molecule has 0 radical (unpaired) electrons. The van der Waals surface area contributed by atoms with E-state index in [2.05, 4.69) is 21.5 Å². The Bertz CT molecular complexity index is 1460. The summed E-state index contributed by atoms with van der Waals surface area (Å²) in [6.45, 7) is 7.77. The van der Waals surface area contributed by atoms with Crippen molar-refractivity contribution in [3.8, 4) is 11.3 Å². The maximum absolute atomic E-state index is 12.9. The lowest BCUT2D eigenvalue weighted by Gasteiger charge is -2.14. The minimum absolute atomic E-state index is 0.106. The largest absolute Gasteiger partial charge is 0.383 e. The van der Waals surface area contributed by atoms with Gasteiger partial charge in [-0.15, -0.1) is 0 Å². The molecule has 3 aromatic heterocycles. The van der Waals surface area contributed by atoms with Crippen molar-refractivity contribution in [2.75, 3.05) is 11.5 Å². The highest BCUT2D eigenvalue weighted by atomic mass is 35.5. The number of anilines is 2. The van der Waals surface area contributed by atoms with E-state index >= 15 is 0 Å². The predicted molar refractivity (Wildman–Crippen MR) is 146 cm³/mol. The van der Waals surface area contributed by atoms with Gasteiger partial charge in [0.1, 0.15) is 5.82 Å². The molecule has 4 aromatic rings. The van der Waals surface area contributed by atoms with Gasteiger partial charge in [0.05, 0.1) is 21.7 Å². The van der Waals surface area contributed by atoms with E-state index in [4.69, 9.17) is 23.1 Å². The number of aryl methyl sites for hydroxylation is 1. The second-order valence-corrected chi connectivity index (χ2v) is 7.80. The van der Waals surface area contributed by atoms with Crippen molar-refractivity contribution in [3.05, 3.63) is 107 Å². The lowest BCUT2D eigenvalue weighted by molar-refractivity contribution is 0.912. The first kappa shape index (κ1) is 25.4. The van der Waals surface area contributed by atoms with Gasteiger partial charge in [0.15, 0.2) is 0 Å². The Morgan fingerprint density at radius 3 is 2.60 bits per heavy atom. The first-order valence-electron chi connectivity index (χ1n) is 11.0. The van der Waals surface area contributed by atoms with Gasteiger partial charge < -0.3 is 11.5 Å². The Hall–Kier alpha value is -4.23. The molecular formula is C27H27ClN6O. The molecule has 0 atom stereocenters. The van der Waals surface area contributed by atoms with Crippen molar-refractivity contribution in [1.29, 1.82) is 0 Å². The number of allylic oxidation sites excluding steroid dienone is 5. The molecule has 0 saturated heterocycles. The van der Waals surface area contributed by atoms with Crippen LogP contribution < -0.4 is 17.0 Å². The fourth-order valence-corrected chi connectivity index (χ4v) is 3.74. The molecule has 0 aliphatic rings. The molecular weight excluding hydrogens is 460 g/mol. The van der Waals surface area contributed by atoms with E-state index in [9.17, 15) is 4.79 Å². The molecule has 178 valence electrons. The van der Waals surface area contributed by atoms with E-state index in [-0.39, 0.29) is 11.5 Å². The van der Waals surface area contributed by atoms with Gasteiger partial charge in [0.2, 0.25) is 5.95 Å². The van der Waals surface area contributed by atoms with E-state index in [1.807, 2.05) is 68.5 Å². The third-order valence-electron chi connectivity index (χ3n) is 5.14. The molecule has 0 amide bonds. The van der Waals surface area contributed by atoms with Crippen LogP contribution in [0.15, 0.2) is 90.5 Å². The molecule has 3 heterocycles. The Morgan fingerprint density at radius 2 is 1.97 bits per heavy atom. The maximum Gasteiger partial charge on any atom is 0.264 e. The lowest BCUT2D eigenvalue weighted by atomic mass is 10.1. The van der Waals surface area contributed by atoms with Crippen LogP contribution in [0.4, 0.5) is 11.8 Å². The quantitative estimate of drug-likeness (QED) is 0.359. The SMILES string of the molecule is C=C/C(=C\C=C/C)n1c(CC)cc2cccc(Cl)c2c1=O.Nc1ncc(-c2ccccn2)c(N)n1. The van der Waals surface area contributed by atoms with Gasteiger partial charge in [0, 0.05) is 23.8 Å². The average molecular weight is 487 g/mol. The fourth-order valence-electron chi connectivity index (χ4n) is 3.47. The first-order chi connectivity index (χ1) is 16.9. The van der Waals surface area contributed by atoms with E-state index < -0.39 is 0 Å². The van der Waals surface area contributed by atoms with Crippen molar-refractivity contribution in [1.82, 2.24) is 19.5 Å². The number of nitrogens with two attached hydrogens (primary N) is 2. The molecule has 0 bridgehead atoms. The summed E-state index contributed by atoms with van der Waals surface area (Å²) in [7, 11) is 0. The molecule has 4 N–H and O–H groups in total. The monoisotopic (exact) mass is 486 g/mol. The molecule has 0 fully saturated rings. The Morgan fingerprint density at radius 1 is 1.17 bits per heavy atom. The van der Waals surface area contributed by atoms with Crippen molar-refractivity contribution in [2.24, 2.45) is 0 Å². The zero-order valence-electron chi connectivity index (χ0n) is 19.6. The minimum atomic E-state index is -0.106. The summed E-state index contributed by atoms with van der Waals surface area (Å²) >= 11 is 6.21. The number of hydrogen-bond acceptors (Lipinski definition) is 6. The summed E-state index contributed by atoms with van der Waals surface area (Å²) in [5.74, 6) is 0.512. The molecule has 0 spiro atoms. The Labute approximate surface area is 209 Å². The molecule has 35 heavy (non-hydrogen) atoms. The number of rotatable bonds is 5. The van der Waals surface area contributed by atoms with Gasteiger partial charge in [-0.2, -0.15) is 4.98 Å². The van der Waals surface area contributed by atoms with E-state index in [0.717, 1.165) is 28.9 Å². The van der Waals surface area contributed by atoms with Crippen LogP contribution in [-0.2, 0) is 6.42 Å². The van der Waals surface area contributed by atoms with Crippen LogP contribution in [0.5, 0.6) is 0 Å². The Balaban J connectivity index is 0.000000211. The van der Waals surface area contributed by atoms with Crippen molar-refractivity contribution >= 4 is 39.8 Å². The number of nitrogen functional groups attached to an aromatic ring is 2. The van der Waals surface area contributed by atoms with Crippen molar-refractivity contribution in [3.63, 3.8) is 0 Å². The van der Waals surface area contributed by atoms with E-state index in [1.54, 1.807) is 29.1 Å². The van der Waals surface area contributed by atoms with Crippen molar-refractivity contribution in [2.45, 2.75) is 20.3 Å². The van der Waals surface area contributed by atoms with Crippen LogP contribution in [-0.4, -0.2) is 19.5 Å². The third-order valence-corrected chi connectivity index (χ3v) is 5.45. The summed E-state index contributed by atoms with van der Waals surface area (Å²) < 4.78 is 1.68. The minimum Gasteiger partial charge on any atom is -0.383 e. The smallest absolute Gasteiger partial charge is 0.264 e. The summed E-state index contributed by atoms with van der Waals surface area (Å²) in [6, 6.07) is 13.1. The molecule has 0 unspecified atom stereocenters. The van der Waals surface area contributed by atoms with Crippen LogP contribution in [0.25, 0.3) is 27.7 Å². The number of nitrogens with zero attached hydrogens (tertiary/aromatic N) is 4. The molecule has 1 aromatic carbocycles. The molecule has 7 nitrogen and oxygen atoms in total. The number of hydrogen-bond donors (Lipinski definition) is 2. The summed E-state index contributed by atoms with van der Waals surface area (Å²) in [6.07, 6.45) is 11.4. The van der Waals surface area contributed by atoms with Gasteiger partial charge in [-0.1, -0.05) is 55.5 Å². The zero-order valence-corrected chi connectivity index (χ0v) is 20.4. The van der Waals surface area contributed by atoms with Gasteiger partial charge >= 0.3 is 0 Å². The Kier molecular flexibility index (Phi) is 8.53. The predicted octanol–water partition coefficient (Wildman–Crippen LogP) is 5.52. The second-order valence-electron chi connectivity index (χ2n) is 7.40. The van der Waals surface area contributed by atoms with Crippen LogP contribution in [0.1, 0.15) is 19.5 Å². The standard InChI is InChI=1S/C18H18ClNO.C9H9N5/c1-4-7-10-14(5-2)20-15(6-3)12-13-9-8-11-16(19)17(13)18(20)21;10-8-6(5-13-9(11)14-8)7-3-1-2-4-12-7/h4-5,7-12H,2,6H2,1,3H3;1-5H,(H4,10,11,13,14)/b7-4-,14-10+;. The number of pyridine rings is 2. The topological polar surface area (TPSA) is 113 Å². The zero-order chi connectivity index (χ0) is 25.4. The highest BCUT2D eigenvalue weighted by Gasteiger charge is 2.12. The number of benzene rings is 1. The number of aromatic nitrogens is 4. The average Bonchev–Trinajstić information content (AvgIpc) is 2.86. The molecule has 0 saturated carbocycles. The molecule has 4 rings (SSSR count). The van der Waals surface area contributed by atoms with Crippen molar-refractivity contribution < 1.29 is 0 Å². The first-order valence-corrected chi connectivity index (χ1v) is 11.4. The van der Waals surface area contributed by atoms with Crippen LogP contribution in [0, 0.1) is 0 Å². The molecule has 8 heteroatoms. The summed E-state index contributed by atoms with van der Waals surface area (Å²) in [5, 5.41) is 1.89. The highest BCUT2D eigenvalue weighted by Crippen LogP contribution is 2.23. The summed E-state index contributed by atoms with van der Waals surface area (Å²) in [5.41, 5.74) is 14.1. The maximum atomic E-state index is 12.9. The summed E-state index contributed by atoms with van der Waals surface area (Å²) in [4.78, 5) is 24.7. The van der Waals surface area contributed by atoms with Gasteiger partial charge in [-0.05, 0) is 55.1 Å². The molecule has 0 aliphatic carbocycles. The van der Waals surface area contributed by atoms with Crippen LogP contribution >= 0.6 is 11.6 Å². The fraction of sp³-hybridized carbons (Fsp3) is 0.111. The van der Waals surface area contributed by atoms with Gasteiger partial charge in [0.25, 0.3) is 5.56 Å². The number of halogens is 1. The highest BCUT2D eigenvalue weighted by molar-refractivity contribution is 6.35. The normalized spacial score (nSPS) is 11.3. The van der Waals surface area contributed by atoms with Crippen LogP contribution in [0.2, 0.25) is 5.02 Å².